The van der Waals surface area contributed by atoms with E-state index in [-0.39, 0.29) is 6.10 Å². The fourth-order valence-corrected chi connectivity index (χ4v) is 3.57. The number of aliphatic imine (C=N–C) groups is 1. The summed E-state index contributed by atoms with van der Waals surface area (Å²) in [5.74, 6) is 1.14. The summed E-state index contributed by atoms with van der Waals surface area (Å²) in [6, 6.07) is 5.40. The van der Waals surface area contributed by atoms with E-state index in [9.17, 15) is 0 Å². The lowest BCUT2D eigenvalue weighted by Gasteiger charge is -2.33. The van der Waals surface area contributed by atoms with E-state index in [2.05, 4.69) is 15.2 Å². The highest BCUT2D eigenvalue weighted by molar-refractivity contribution is 6.42. The highest BCUT2D eigenvalue weighted by atomic mass is 35.5. The predicted molar refractivity (Wildman–Crippen MR) is 107 cm³/mol. The second kappa shape index (κ2) is 8.48. The van der Waals surface area contributed by atoms with Crippen molar-refractivity contribution in [1.29, 1.82) is 0 Å². The Morgan fingerprint density at radius 1 is 1.27 bits per heavy atom. The first-order valence-electron chi connectivity index (χ1n) is 8.86. The lowest BCUT2D eigenvalue weighted by Crippen LogP contribution is -2.45. The Balaban J connectivity index is 1.39. The smallest absolute Gasteiger partial charge is 0.194 e. The monoisotopic (exact) mass is 397 g/mol. The Hall–Kier alpha value is -1.47. The first-order valence-corrected chi connectivity index (χ1v) is 9.62. The molecule has 0 aliphatic carbocycles. The highest BCUT2D eigenvalue weighted by Gasteiger charge is 2.25. The average Bonchev–Trinajstić information content (AvgIpc) is 2.59. The third-order valence-corrected chi connectivity index (χ3v) is 5.45. The Bertz CT molecular complexity index is 688. The number of rotatable bonds is 6. The van der Waals surface area contributed by atoms with E-state index >= 15 is 0 Å². The van der Waals surface area contributed by atoms with Crippen molar-refractivity contribution in [2.45, 2.75) is 37.5 Å². The molecular formula is C18H25Cl2N5O. The Morgan fingerprint density at radius 2 is 2.04 bits per heavy atom. The summed E-state index contributed by atoms with van der Waals surface area (Å²) < 4.78 is 6.03. The fraction of sp³-hybridized carbons (Fsp3) is 0.500. The van der Waals surface area contributed by atoms with Gasteiger partial charge in [0, 0.05) is 25.4 Å². The molecule has 2 aliphatic heterocycles. The van der Waals surface area contributed by atoms with Gasteiger partial charge in [-0.25, -0.2) is 4.99 Å². The van der Waals surface area contributed by atoms with Gasteiger partial charge in [0.05, 0.1) is 10.0 Å². The van der Waals surface area contributed by atoms with Gasteiger partial charge in [-0.2, -0.15) is 0 Å². The number of nitrogens with two attached hydrogens (primary N) is 2. The van der Waals surface area contributed by atoms with Crippen LogP contribution in [-0.4, -0.2) is 42.3 Å². The molecule has 0 saturated carbocycles. The van der Waals surface area contributed by atoms with Gasteiger partial charge in [-0.3, -0.25) is 0 Å². The summed E-state index contributed by atoms with van der Waals surface area (Å²) in [6.07, 6.45) is 7.54. The summed E-state index contributed by atoms with van der Waals surface area (Å²) in [6.45, 7) is 3.01. The second-order valence-electron chi connectivity index (χ2n) is 6.80. The normalized spacial score (nSPS) is 24.2. The number of hydrogen-bond donors (Lipinski definition) is 3. The molecule has 6 nitrogen and oxygen atoms in total. The Labute approximate surface area is 164 Å². The molecule has 0 amide bonds. The lowest BCUT2D eigenvalue weighted by molar-refractivity contribution is 0.0988. The van der Waals surface area contributed by atoms with Crippen LogP contribution in [0.15, 0.2) is 35.5 Å². The summed E-state index contributed by atoms with van der Waals surface area (Å²) in [5, 5.41) is 3.90. The zero-order valence-electron chi connectivity index (χ0n) is 14.6. The van der Waals surface area contributed by atoms with Crippen LogP contribution in [0.5, 0.6) is 5.75 Å². The van der Waals surface area contributed by atoms with E-state index < -0.39 is 5.66 Å². The molecule has 1 atom stereocenters. The molecule has 2 heterocycles. The summed E-state index contributed by atoms with van der Waals surface area (Å²) in [4.78, 5) is 6.72. The van der Waals surface area contributed by atoms with E-state index in [0.29, 0.717) is 16.0 Å². The highest BCUT2D eigenvalue weighted by Crippen LogP contribution is 2.28. The van der Waals surface area contributed by atoms with Crippen molar-refractivity contribution in [2.75, 3.05) is 19.6 Å². The van der Waals surface area contributed by atoms with Crippen molar-refractivity contribution in [3.8, 4) is 5.75 Å². The first-order chi connectivity index (χ1) is 12.4. The van der Waals surface area contributed by atoms with Crippen molar-refractivity contribution >= 4 is 29.2 Å². The predicted octanol–water partition coefficient (Wildman–Crippen LogP) is 2.70. The molecule has 0 bridgehead atoms. The topological polar surface area (TPSA) is 88.9 Å². The second-order valence-corrected chi connectivity index (χ2v) is 7.62. The molecule has 0 aromatic heterocycles. The van der Waals surface area contributed by atoms with Gasteiger partial charge in [-0.05, 0) is 50.4 Å². The molecule has 3 rings (SSSR count). The summed E-state index contributed by atoms with van der Waals surface area (Å²) in [5.41, 5.74) is 11.2. The average molecular weight is 398 g/mol. The van der Waals surface area contributed by atoms with E-state index in [1.54, 1.807) is 18.3 Å². The number of benzene rings is 1. The molecule has 1 saturated heterocycles. The standard InChI is InChI=1S/C18H25Cl2N5O/c19-15-3-2-14(12-16(15)20)26-13-4-10-25(11-5-13)9-1-6-18(22)7-8-23-17(21)24-18/h2-3,7-8,12-13H,1,4-6,9-11,22H2,(H3,21,23,24). The van der Waals surface area contributed by atoms with Gasteiger partial charge < -0.3 is 26.4 Å². The van der Waals surface area contributed by atoms with Crippen LogP contribution >= 0.6 is 23.2 Å². The number of nitrogens with one attached hydrogen (secondary N) is 1. The van der Waals surface area contributed by atoms with Crippen LogP contribution < -0.4 is 21.5 Å². The zero-order valence-corrected chi connectivity index (χ0v) is 16.1. The Morgan fingerprint density at radius 3 is 2.73 bits per heavy atom. The van der Waals surface area contributed by atoms with Crippen molar-refractivity contribution in [3.05, 3.63) is 40.5 Å². The van der Waals surface area contributed by atoms with Crippen LogP contribution in [0.1, 0.15) is 25.7 Å². The van der Waals surface area contributed by atoms with Gasteiger partial charge in [-0.15, -0.1) is 0 Å². The Kier molecular flexibility index (Phi) is 6.29. The van der Waals surface area contributed by atoms with Gasteiger partial charge in [0.2, 0.25) is 0 Å². The molecule has 1 aromatic rings. The largest absolute Gasteiger partial charge is 0.490 e. The molecular weight excluding hydrogens is 373 g/mol. The quantitative estimate of drug-likeness (QED) is 0.686. The van der Waals surface area contributed by atoms with E-state index in [1.165, 1.54) is 0 Å². The number of ether oxygens (including phenoxy) is 1. The number of nitrogens with zero attached hydrogens (tertiary/aromatic N) is 2. The maximum absolute atomic E-state index is 6.24. The molecule has 8 heteroatoms. The minimum absolute atomic E-state index is 0.209. The summed E-state index contributed by atoms with van der Waals surface area (Å²) >= 11 is 12.0. The molecule has 0 spiro atoms. The van der Waals surface area contributed by atoms with E-state index in [4.69, 9.17) is 39.4 Å². The van der Waals surface area contributed by atoms with Crippen LogP contribution in [0.2, 0.25) is 10.0 Å². The van der Waals surface area contributed by atoms with Gasteiger partial charge in [0.1, 0.15) is 17.5 Å². The molecule has 2 aliphatic rings. The number of halogens is 2. The van der Waals surface area contributed by atoms with E-state index in [0.717, 1.165) is 51.1 Å². The third kappa shape index (κ3) is 5.27. The van der Waals surface area contributed by atoms with Gasteiger partial charge in [-0.1, -0.05) is 23.2 Å². The number of guanidine groups is 1. The molecule has 26 heavy (non-hydrogen) atoms. The van der Waals surface area contributed by atoms with Crippen LogP contribution in [0.4, 0.5) is 0 Å². The molecule has 5 N–H and O–H groups in total. The maximum atomic E-state index is 6.24. The fourth-order valence-electron chi connectivity index (χ4n) is 3.28. The zero-order chi connectivity index (χ0) is 18.6. The first kappa shape index (κ1) is 19.3. The van der Waals surface area contributed by atoms with Crippen LogP contribution in [-0.2, 0) is 0 Å². The molecule has 142 valence electrons. The van der Waals surface area contributed by atoms with Crippen LogP contribution in [0, 0.1) is 0 Å². The SMILES string of the molecule is NC1=NC(N)(CCCN2CCC(Oc3ccc(Cl)c(Cl)c3)CC2)C=CN1. The van der Waals surface area contributed by atoms with Crippen molar-refractivity contribution in [1.82, 2.24) is 10.2 Å². The van der Waals surface area contributed by atoms with Crippen molar-refractivity contribution in [3.63, 3.8) is 0 Å². The van der Waals surface area contributed by atoms with Gasteiger partial charge >= 0.3 is 0 Å². The minimum Gasteiger partial charge on any atom is -0.490 e. The maximum Gasteiger partial charge on any atom is 0.194 e. The molecule has 1 unspecified atom stereocenters. The van der Waals surface area contributed by atoms with Gasteiger partial charge in [0.15, 0.2) is 5.96 Å². The van der Waals surface area contributed by atoms with Crippen LogP contribution in [0.3, 0.4) is 0 Å². The molecule has 0 radical (unpaired) electrons. The van der Waals surface area contributed by atoms with Crippen LogP contribution in [0.25, 0.3) is 0 Å². The number of hydrogen-bond acceptors (Lipinski definition) is 6. The number of likely N-dealkylation sites (tertiary alicyclic amines) is 1. The van der Waals surface area contributed by atoms with E-state index in [1.807, 2.05) is 12.1 Å². The lowest BCUT2D eigenvalue weighted by atomic mass is 10.0. The van der Waals surface area contributed by atoms with Crippen molar-refractivity contribution in [2.24, 2.45) is 16.5 Å². The number of piperidine rings is 1. The minimum atomic E-state index is -0.690. The third-order valence-electron chi connectivity index (χ3n) is 4.71. The summed E-state index contributed by atoms with van der Waals surface area (Å²) in [7, 11) is 0. The molecule has 1 aromatic carbocycles. The van der Waals surface area contributed by atoms with Gasteiger partial charge in [0.25, 0.3) is 0 Å². The van der Waals surface area contributed by atoms with Crippen molar-refractivity contribution < 1.29 is 4.74 Å². The molecule has 1 fully saturated rings.